The number of ether oxygens (including phenoxy) is 3. The monoisotopic (exact) mass is 631 g/mol. The van der Waals surface area contributed by atoms with E-state index in [0.29, 0.717) is 45.1 Å². The number of imide groups is 1. The molecule has 12 nitrogen and oxygen atoms in total. The van der Waals surface area contributed by atoms with Crippen molar-refractivity contribution in [3.05, 3.63) is 35.9 Å². The first-order chi connectivity index (χ1) is 21.0. The Balaban J connectivity index is 1.72. The average molecular weight is 632 g/mol. The van der Waals surface area contributed by atoms with E-state index in [9.17, 15) is 29.1 Å². The molecule has 0 spiro atoms. The van der Waals surface area contributed by atoms with Gasteiger partial charge in [0, 0.05) is 6.54 Å². The molecule has 0 bridgehead atoms. The van der Waals surface area contributed by atoms with Gasteiger partial charge in [0.2, 0.25) is 11.8 Å². The number of carboxylic acid groups (broad SMARTS) is 1. The van der Waals surface area contributed by atoms with Crippen molar-refractivity contribution in [1.82, 2.24) is 15.5 Å². The van der Waals surface area contributed by atoms with Crippen LogP contribution in [0.25, 0.3) is 0 Å². The number of amides is 4. The summed E-state index contributed by atoms with van der Waals surface area (Å²) in [6.07, 6.45) is 1.37. The molecule has 12 heteroatoms. The van der Waals surface area contributed by atoms with E-state index in [1.807, 2.05) is 30.3 Å². The fraction of sp³-hybridized carbons (Fsp3) is 0.667. The molecule has 1 saturated heterocycles. The van der Waals surface area contributed by atoms with Gasteiger partial charge in [0.15, 0.2) is 6.04 Å². The predicted molar refractivity (Wildman–Crippen MR) is 165 cm³/mol. The lowest BCUT2D eigenvalue weighted by Crippen LogP contribution is -2.54. The molecule has 1 heterocycles. The molecule has 1 aromatic rings. The van der Waals surface area contributed by atoms with Crippen LogP contribution in [0.15, 0.2) is 30.3 Å². The highest BCUT2D eigenvalue weighted by molar-refractivity contribution is 6.01. The highest BCUT2D eigenvalue weighted by Crippen LogP contribution is 2.43. The van der Waals surface area contributed by atoms with E-state index < -0.39 is 64.6 Å². The molecule has 1 aliphatic carbocycles. The third-order valence-corrected chi connectivity index (χ3v) is 7.84. The van der Waals surface area contributed by atoms with Crippen LogP contribution in [-0.2, 0) is 40.0 Å². The van der Waals surface area contributed by atoms with E-state index >= 15 is 0 Å². The summed E-state index contributed by atoms with van der Waals surface area (Å²) in [6, 6.07) is 7.11. The number of rotatable bonds is 12. The molecule has 3 atom stereocenters. The van der Waals surface area contributed by atoms with Crippen molar-refractivity contribution in [3.63, 3.8) is 0 Å². The molecule has 45 heavy (non-hydrogen) atoms. The maximum Gasteiger partial charge on any atom is 0.410 e. The molecule has 1 saturated carbocycles. The molecular weight excluding hydrogens is 582 g/mol. The first kappa shape index (κ1) is 36.0. The molecule has 3 rings (SSSR count). The van der Waals surface area contributed by atoms with Crippen molar-refractivity contribution >= 4 is 29.8 Å². The minimum atomic E-state index is -1.29. The number of likely N-dealkylation sites (tertiary alicyclic amines) is 1. The molecule has 2 fully saturated rings. The number of hydrogen-bond acceptors (Lipinski definition) is 8. The summed E-state index contributed by atoms with van der Waals surface area (Å²) < 4.78 is 17.2. The summed E-state index contributed by atoms with van der Waals surface area (Å²) in [5, 5.41) is 14.9. The van der Waals surface area contributed by atoms with Crippen LogP contribution in [0.5, 0.6) is 0 Å². The zero-order valence-corrected chi connectivity index (χ0v) is 27.4. The largest absolute Gasteiger partial charge is 0.480 e. The normalized spacial score (nSPS) is 19.4. The van der Waals surface area contributed by atoms with Crippen LogP contribution >= 0.6 is 0 Å². The van der Waals surface area contributed by atoms with Crippen LogP contribution in [0.1, 0.15) is 92.1 Å². The fourth-order valence-corrected chi connectivity index (χ4v) is 5.76. The summed E-state index contributed by atoms with van der Waals surface area (Å²) in [4.78, 5) is 66.8. The van der Waals surface area contributed by atoms with Gasteiger partial charge in [0.1, 0.15) is 17.7 Å². The number of nitrogens with zero attached hydrogens (tertiary/aromatic N) is 1. The van der Waals surface area contributed by atoms with E-state index in [4.69, 9.17) is 14.2 Å². The Morgan fingerprint density at radius 1 is 0.978 bits per heavy atom. The van der Waals surface area contributed by atoms with Gasteiger partial charge in [-0.05, 0) is 79.2 Å². The smallest absolute Gasteiger partial charge is 0.410 e. The van der Waals surface area contributed by atoms with Gasteiger partial charge >= 0.3 is 12.1 Å². The standard InChI is InChI=1S/C33H49N3O9/c1-31(2,3)44-25(27(38)35-26(37)24-15-12-18-36(24)30(42)45-32(4,5)6)19-33(16-10-11-17-33)29(41)34-23(28(39)40)21-43-20-22-13-8-7-9-14-22/h7-9,13-14,23-25H,10-12,15-21H2,1-6H3,(H,34,41)(H,39,40)(H,35,37,38)/t23-,24-,25-/m0/s1. The molecule has 250 valence electrons. The second-order valence-electron chi connectivity index (χ2n) is 14.0. The molecule has 3 N–H and O–H groups in total. The lowest BCUT2D eigenvalue weighted by Gasteiger charge is -2.35. The fourth-order valence-electron chi connectivity index (χ4n) is 5.76. The van der Waals surface area contributed by atoms with Gasteiger partial charge in [-0.1, -0.05) is 43.2 Å². The van der Waals surface area contributed by atoms with Gasteiger partial charge in [-0.25, -0.2) is 9.59 Å². The summed E-state index contributed by atoms with van der Waals surface area (Å²) in [5.74, 6) is -3.09. The van der Waals surface area contributed by atoms with Gasteiger partial charge in [-0.2, -0.15) is 0 Å². The van der Waals surface area contributed by atoms with E-state index in [2.05, 4.69) is 10.6 Å². The van der Waals surface area contributed by atoms with Gasteiger partial charge in [0.25, 0.3) is 5.91 Å². The first-order valence-corrected chi connectivity index (χ1v) is 15.7. The minimum Gasteiger partial charge on any atom is -0.480 e. The molecule has 0 unspecified atom stereocenters. The molecule has 0 radical (unpaired) electrons. The van der Waals surface area contributed by atoms with Crippen LogP contribution in [0.2, 0.25) is 0 Å². The quantitative estimate of drug-likeness (QED) is 0.310. The van der Waals surface area contributed by atoms with Crippen molar-refractivity contribution in [1.29, 1.82) is 0 Å². The minimum absolute atomic E-state index is 0.0487. The zero-order valence-electron chi connectivity index (χ0n) is 27.4. The first-order valence-electron chi connectivity index (χ1n) is 15.7. The highest BCUT2D eigenvalue weighted by atomic mass is 16.6. The number of carbonyl (C=O) groups is 5. The van der Waals surface area contributed by atoms with Crippen molar-refractivity contribution in [2.75, 3.05) is 13.2 Å². The second kappa shape index (κ2) is 15.2. The maximum atomic E-state index is 13.8. The molecule has 0 aromatic heterocycles. The number of carbonyl (C=O) groups excluding carboxylic acids is 4. The molecule has 1 aliphatic heterocycles. The van der Waals surface area contributed by atoms with Gasteiger partial charge in [-0.15, -0.1) is 0 Å². The summed E-state index contributed by atoms with van der Waals surface area (Å²) in [7, 11) is 0. The van der Waals surface area contributed by atoms with Crippen molar-refractivity contribution < 1.29 is 43.3 Å². The highest BCUT2D eigenvalue weighted by Gasteiger charge is 2.47. The molecule has 2 aliphatic rings. The Morgan fingerprint density at radius 2 is 1.62 bits per heavy atom. The number of aliphatic carboxylic acids is 1. The molecule has 1 aromatic carbocycles. The third-order valence-electron chi connectivity index (χ3n) is 7.84. The van der Waals surface area contributed by atoms with Crippen molar-refractivity contribution in [3.8, 4) is 0 Å². The number of hydrogen-bond donors (Lipinski definition) is 3. The summed E-state index contributed by atoms with van der Waals surface area (Å²) in [6.45, 7) is 10.8. The third kappa shape index (κ3) is 10.8. The van der Waals surface area contributed by atoms with Crippen LogP contribution in [0.3, 0.4) is 0 Å². The van der Waals surface area contributed by atoms with Crippen LogP contribution in [-0.4, -0.2) is 82.3 Å². The lowest BCUT2D eigenvalue weighted by molar-refractivity contribution is -0.154. The summed E-state index contributed by atoms with van der Waals surface area (Å²) >= 11 is 0. The van der Waals surface area contributed by atoms with E-state index in [1.165, 1.54) is 4.90 Å². The second-order valence-corrected chi connectivity index (χ2v) is 14.0. The average Bonchev–Trinajstić information content (AvgIpc) is 3.62. The Kier molecular flexibility index (Phi) is 12.1. The van der Waals surface area contributed by atoms with Crippen LogP contribution < -0.4 is 10.6 Å². The predicted octanol–water partition coefficient (Wildman–Crippen LogP) is 3.95. The number of benzene rings is 1. The number of carboxylic acids is 1. The Hall–Kier alpha value is -3.51. The Morgan fingerprint density at radius 3 is 2.20 bits per heavy atom. The maximum absolute atomic E-state index is 13.8. The molecular formula is C33H49N3O9. The number of nitrogens with one attached hydrogen (secondary N) is 2. The zero-order chi connectivity index (χ0) is 33.4. The van der Waals surface area contributed by atoms with Gasteiger partial charge < -0.3 is 24.6 Å². The summed E-state index contributed by atoms with van der Waals surface area (Å²) in [5.41, 5.74) is -1.76. The Labute approximate surface area is 265 Å². The SMILES string of the molecule is CC(C)(C)OC(=O)N1CCC[C@H]1C(=O)NC(=O)[C@H](CC1(C(=O)N[C@@H](COCc2ccccc2)C(=O)O)CCCC1)OC(C)(C)C. The Bertz CT molecular complexity index is 1200. The lowest BCUT2D eigenvalue weighted by atomic mass is 9.79. The van der Waals surface area contributed by atoms with Crippen LogP contribution in [0.4, 0.5) is 4.79 Å². The van der Waals surface area contributed by atoms with Crippen molar-refractivity contribution in [2.45, 2.75) is 122 Å². The van der Waals surface area contributed by atoms with E-state index in [-0.39, 0.29) is 19.6 Å². The van der Waals surface area contributed by atoms with Crippen molar-refractivity contribution in [2.24, 2.45) is 5.41 Å². The topological polar surface area (TPSA) is 161 Å². The van der Waals surface area contributed by atoms with Gasteiger partial charge in [-0.3, -0.25) is 24.6 Å². The van der Waals surface area contributed by atoms with Crippen LogP contribution in [0, 0.1) is 5.41 Å². The molecule has 4 amide bonds. The van der Waals surface area contributed by atoms with Gasteiger partial charge in [0.05, 0.1) is 24.2 Å². The van der Waals surface area contributed by atoms with E-state index in [1.54, 1.807) is 41.5 Å². The van der Waals surface area contributed by atoms with E-state index in [0.717, 1.165) is 5.56 Å².